The number of para-hydroxylation sites is 2. The van der Waals surface area contributed by atoms with E-state index in [4.69, 9.17) is 11.6 Å². The summed E-state index contributed by atoms with van der Waals surface area (Å²) < 4.78 is 0. The fraction of sp³-hybridized carbons (Fsp3) is 0.308. The number of phenols is 1. The summed E-state index contributed by atoms with van der Waals surface area (Å²) in [7, 11) is 0. The van der Waals surface area contributed by atoms with E-state index in [2.05, 4.69) is 73.2 Å². The van der Waals surface area contributed by atoms with Crippen LogP contribution < -0.4 is 0 Å². The molecule has 5 rings (SSSR count). The third-order valence-corrected chi connectivity index (χ3v) is 5.78. The molecular weight excluding hydrogens is 448 g/mol. The third-order valence-electron chi connectivity index (χ3n) is 5.54. The first-order chi connectivity index (χ1) is 15.9. The van der Waals surface area contributed by atoms with Crippen LogP contribution in [-0.4, -0.2) is 35.5 Å². The SMILES string of the molecule is CC(C)(C)c1cc(-n2nc3ccc(Cl)cc3n2)c(O)c(C(C)(C)C)c1.c1ccc2n[nH]nc2c1. The molecule has 0 aliphatic heterocycles. The number of fused-ring (bicyclic) bond motifs is 2. The van der Waals surface area contributed by atoms with Crippen molar-refractivity contribution < 1.29 is 5.11 Å². The van der Waals surface area contributed by atoms with Crippen LogP contribution in [-0.2, 0) is 10.8 Å². The van der Waals surface area contributed by atoms with Gasteiger partial charge in [-0.25, -0.2) is 0 Å². The van der Waals surface area contributed by atoms with Crippen LogP contribution in [0.15, 0.2) is 54.6 Å². The van der Waals surface area contributed by atoms with Crippen molar-refractivity contribution in [3.63, 3.8) is 0 Å². The van der Waals surface area contributed by atoms with Crippen molar-refractivity contribution in [1.82, 2.24) is 30.4 Å². The number of nitrogens with one attached hydrogen (secondary N) is 1. The van der Waals surface area contributed by atoms with Gasteiger partial charge in [-0.3, -0.25) is 0 Å². The van der Waals surface area contributed by atoms with E-state index >= 15 is 0 Å². The number of H-pyrrole nitrogens is 1. The predicted molar refractivity (Wildman–Crippen MR) is 137 cm³/mol. The molecule has 176 valence electrons. The molecule has 0 saturated carbocycles. The van der Waals surface area contributed by atoms with Crippen molar-refractivity contribution in [2.24, 2.45) is 0 Å². The van der Waals surface area contributed by atoms with Crippen molar-refractivity contribution in [3.8, 4) is 11.4 Å². The zero-order valence-electron chi connectivity index (χ0n) is 20.3. The van der Waals surface area contributed by atoms with Crippen LogP contribution in [0.2, 0.25) is 5.02 Å². The molecule has 0 unspecified atom stereocenters. The number of phenolic OH excluding ortho intramolecular Hbond substituents is 1. The number of aromatic hydroxyl groups is 1. The van der Waals surface area contributed by atoms with E-state index in [9.17, 15) is 5.11 Å². The number of hydrogen-bond acceptors (Lipinski definition) is 5. The Bertz CT molecular complexity index is 1430. The maximum Gasteiger partial charge on any atom is 0.146 e. The zero-order valence-corrected chi connectivity index (χ0v) is 21.0. The maximum atomic E-state index is 10.9. The van der Waals surface area contributed by atoms with Crippen LogP contribution in [0.4, 0.5) is 0 Å². The summed E-state index contributed by atoms with van der Waals surface area (Å²) in [6.07, 6.45) is 0. The summed E-state index contributed by atoms with van der Waals surface area (Å²) in [6.45, 7) is 12.7. The van der Waals surface area contributed by atoms with Gasteiger partial charge < -0.3 is 5.11 Å². The lowest BCUT2D eigenvalue weighted by atomic mass is 9.80. The highest BCUT2D eigenvalue weighted by molar-refractivity contribution is 6.31. The molecule has 0 atom stereocenters. The van der Waals surface area contributed by atoms with Crippen LogP contribution in [0.1, 0.15) is 52.7 Å². The van der Waals surface area contributed by atoms with Crippen LogP contribution in [0.5, 0.6) is 5.75 Å². The third kappa shape index (κ3) is 4.89. The highest BCUT2D eigenvalue weighted by Crippen LogP contribution is 2.39. The molecule has 0 spiro atoms. The molecule has 8 heteroatoms. The molecule has 5 aromatic rings. The van der Waals surface area contributed by atoms with Gasteiger partial charge in [0.2, 0.25) is 0 Å². The van der Waals surface area contributed by atoms with Crippen molar-refractivity contribution in [2.75, 3.05) is 0 Å². The number of nitrogens with zero attached hydrogens (tertiary/aromatic N) is 5. The normalized spacial score (nSPS) is 12.1. The van der Waals surface area contributed by atoms with Crippen LogP contribution in [0.3, 0.4) is 0 Å². The first kappa shape index (κ1) is 23.7. The summed E-state index contributed by atoms with van der Waals surface area (Å²) in [4.78, 5) is 1.50. The summed E-state index contributed by atoms with van der Waals surface area (Å²) in [6, 6.07) is 17.1. The molecule has 0 aliphatic rings. The van der Waals surface area contributed by atoms with E-state index in [1.165, 1.54) is 4.80 Å². The maximum absolute atomic E-state index is 10.9. The smallest absolute Gasteiger partial charge is 0.146 e. The minimum Gasteiger partial charge on any atom is -0.505 e. The van der Waals surface area contributed by atoms with Gasteiger partial charge in [-0.1, -0.05) is 71.3 Å². The van der Waals surface area contributed by atoms with Crippen LogP contribution in [0, 0.1) is 0 Å². The van der Waals surface area contributed by atoms with Gasteiger partial charge in [-0.2, -0.15) is 15.4 Å². The number of halogens is 1. The van der Waals surface area contributed by atoms with E-state index in [-0.39, 0.29) is 16.6 Å². The van der Waals surface area contributed by atoms with Gasteiger partial charge in [0.05, 0.1) is 0 Å². The highest BCUT2D eigenvalue weighted by Gasteiger charge is 2.26. The Balaban J connectivity index is 0.000000252. The molecule has 0 bridgehead atoms. The molecule has 7 nitrogen and oxygen atoms in total. The van der Waals surface area contributed by atoms with Crippen LogP contribution >= 0.6 is 11.6 Å². The number of aromatic nitrogens is 6. The molecule has 2 heterocycles. The average molecular weight is 477 g/mol. The molecule has 0 radical (unpaired) electrons. The van der Waals surface area contributed by atoms with Gasteiger partial charge in [-0.05, 0) is 52.8 Å². The Morgan fingerprint density at radius 2 is 1.38 bits per heavy atom. The lowest BCUT2D eigenvalue weighted by Gasteiger charge is -2.27. The Kier molecular flexibility index (Phi) is 6.08. The summed E-state index contributed by atoms with van der Waals surface area (Å²) in [5.41, 5.74) is 5.61. The van der Waals surface area contributed by atoms with E-state index < -0.39 is 0 Å². The number of hydrogen-bond donors (Lipinski definition) is 2. The van der Waals surface area contributed by atoms with E-state index in [0.29, 0.717) is 16.2 Å². The van der Waals surface area contributed by atoms with Crippen molar-refractivity contribution >= 4 is 33.7 Å². The molecule has 3 aromatic carbocycles. The Morgan fingerprint density at radius 1 is 0.765 bits per heavy atom. The van der Waals surface area contributed by atoms with Gasteiger partial charge in [0.25, 0.3) is 0 Å². The van der Waals surface area contributed by atoms with Crippen LogP contribution in [0.25, 0.3) is 27.8 Å². The van der Waals surface area contributed by atoms with Crippen molar-refractivity contribution in [2.45, 2.75) is 52.4 Å². The monoisotopic (exact) mass is 476 g/mol. The lowest BCUT2D eigenvalue weighted by Crippen LogP contribution is -2.18. The highest BCUT2D eigenvalue weighted by atomic mass is 35.5. The number of rotatable bonds is 1. The minimum atomic E-state index is -0.198. The molecule has 0 aliphatic carbocycles. The van der Waals surface area contributed by atoms with Gasteiger partial charge >= 0.3 is 0 Å². The summed E-state index contributed by atoms with van der Waals surface area (Å²) in [5, 5.41) is 30.9. The summed E-state index contributed by atoms with van der Waals surface area (Å²) >= 11 is 6.05. The van der Waals surface area contributed by atoms with Crippen molar-refractivity contribution in [3.05, 3.63) is 70.7 Å². The molecule has 0 amide bonds. The van der Waals surface area contributed by atoms with E-state index in [1.807, 2.05) is 36.4 Å². The molecule has 0 saturated heterocycles. The standard InChI is InChI=1S/C20H24ClN3O.C6H5N3/c1-19(2,3)12-9-14(20(4,5)6)18(25)17(10-12)24-22-15-8-7-13(21)11-16(15)23-24;1-2-4-6-5(3-1)7-9-8-6/h7-11,25H,1-6H3;1-4H,(H,7,8,9). The van der Waals surface area contributed by atoms with Gasteiger partial charge in [0.1, 0.15) is 33.5 Å². The molecule has 2 N–H and O–H groups in total. The Morgan fingerprint density at radius 3 is 1.97 bits per heavy atom. The minimum absolute atomic E-state index is 0.0572. The molecule has 0 fully saturated rings. The second-order valence-electron chi connectivity index (χ2n) is 10.3. The quantitative estimate of drug-likeness (QED) is 0.295. The fourth-order valence-electron chi connectivity index (χ4n) is 3.56. The molecule has 2 aromatic heterocycles. The Hall–Kier alpha value is -3.45. The van der Waals surface area contributed by atoms with Gasteiger partial charge in [0.15, 0.2) is 0 Å². The van der Waals surface area contributed by atoms with E-state index in [1.54, 1.807) is 12.1 Å². The first-order valence-corrected chi connectivity index (χ1v) is 11.5. The molecular formula is C26H29ClN6O. The number of benzene rings is 3. The van der Waals surface area contributed by atoms with Gasteiger partial charge in [0, 0.05) is 10.6 Å². The van der Waals surface area contributed by atoms with Gasteiger partial charge in [-0.15, -0.1) is 15.0 Å². The second kappa shape index (κ2) is 8.72. The topological polar surface area (TPSA) is 92.5 Å². The summed E-state index contributed by atoms with van der Waals surface area (Å²) in [5.74, 6) is 0.215. The lowest BCUT2D eigenvalue weighted by molar-refractivity contribution is 0.438. The fourth-order valence-corrected chi connectivity index (χ4v) is 3.72. The number of aromatic amines is 1. The second-order valence-corrected chi connectivity index (χ2v) is 10.8. The van der Waals surface area contributed by atoms with E-state index in [0.717, 1.165) is 27.7 Å². The average Bonchev–Trinajstić information content (AvgIpc) is 3.39. The predicted octanol–water partition coefficient (Wildman–Crippen LogP) is 6.33. The first-order valence-electron chi connectivity index (χ1n) is 11.1. The Labute approximate surface area is 203 Å². The largest absolute Gasteiger partial charge is 0.505 e. The molecule has 34 heavy (non-hydrogen) atoms. The zero-order chi connectivity index (χ0) is 24.7. The van der Waals surface area contributed by atoms with Crippen molar-refractivity contribution in [1.29, 1.82) is 0 Å².